The van der Waals surface area contributed by atoms with Gasteiger partial charge in [0.25, 0.3) is 5.91 Å². The van der Waals surface area contributed by atoms with Crippen molar-refractivity contribution in [2.45, 2.75) is 6.42 Å². The molecule has 6 nitrogen and oxygen atoms in total. The van der Waals surface area contributed by atoms with Crippen LogP contribution in [0.15, 0.2) is 18.3 Å². The summed E-state index contributed by atoms with van der Waals surface area (Å²) in [6.07, 6.45) is 1.81. The van der Waals surface area contributed by atoms with E-state index in [1.54, 1.807) is 17.0 Å². The summed E-state index contributed by atoms with van der Waals surface area (Å²) in [5.74, 6) is 5.00. The Morgan fingerprint density at radius 1 is 1.45 bits per heavy atom. The topological polar surface area (TPSA) is 82.5 Å². The third-order valence-corrected chi connectivity index (χ3v) is 2.89. The Hall–Kier alpha value is -2.39. The molecule has 2 rings (SSSR count). The molecule has 2 N–H and O–H groups in total. The summed E-state index contributed by atoms with van der Waals surface area (Å²) in [5, 5.41) is 11.3. The first-order valence-electron chi connectivity index (χ1n) is 6.32. The van der Waals surface area contributed by atoms with Gasteiger partial charge >= 0.3 is 0 Å². The molecule has 1 saturated heterocycles. The van der Waals surface area contributed by atoms with E-state index in [4.69, 9.17) is 5.11 Å². The van der Waals surface area contributed by atoms with Crippen LogP contribution in [0.4, 0.5) is 0 Å². The summed E-state index contributed by atoms with van der Waals surface area (Å²) in [6.45, 7) is 1.14. The van der Waals surface area contributed by atoms with Gasteiger partial charge in [0.15, 0.2) is 0 Å². The maximum atomic E-state index is 12.2. The van der Waals surface area contributed by atoms with Crippen LogP contribution in [0.25, 0.3) is 0 Å². The van der Waals surface area contributed by atoms with Crippen molar-refractivity contribution < 1.29 is 14.7 Å². The zero-order valence-corrected chi connectivity index (χ0v) is 10.9. The Labute approximate surface area is 116 Å². The van der Waals surface area contributed by atoms with Crippen molar-refractivity contribution in [1.29, 1.82) is 0 Å². The highest BCUT2D eigenvalue weighted by Crippen LogP contribution is 2.06. The van der Waals surface area contributed by atoms with E-state index >= 15 is 0 Å². The van der Waals surface area contributed by atoms with Crippen LogP contribution >= 0.6 is 0 Å². The van der Waals surface area contributed by atoms with Gasteiger partial charge in [-0.15, -0.1) is 0 Å². The van der Waals surface area contributed by atoms with E-state index in [0.29, 0.717) is 37.3 Å². The van der Waals surface area contributed by atoms with Gasteiger partial charge in [-0.2, -0.15) is 0 Å². The molecule has 2 amide bonds. The molecule has 1 fully saturated rings. The third-order valence-electron chi connectivity index (χ3n) is 2.89. The average Bonchev–Trinajstić information content (AvgIpc) is 2.70. The van der Waals surface area contributed by atoms with Crippen LogP contribution in [0.1, 0.15) is 22.5 Å². The number of nitrogens with zero attached hydrogens (tertiary/aromatic N) is 2. The van der Waals surface area contributed by atoms with Crippen molar-refractivity contribution in [2.75, 3.05) is 26.2 Å². The summed E-state index contributed by atoms with van der Waals surface area (Å²) in [7, 11) is 0. The first kappa shape index (κ1) is 14.0. The van der Waals surface area contributed by atoms with E-state index in [2.05, 4.69) is 22.1 Å². The quantitative estimate of drug-likeness (QED) is 0.669. The predicted molar refractivity (Wildman–Crippen MR) is 71.7 cm³/mol. The van der Waals surface area contributed by atoms with Gasteiger partial charge in [0.05, 0.1) is 0 Å². The van der Waals surface area contributed by atoms with E-state index < -0.39 is 0 Å². The smallest absolute Gasteiger partial charge is 0.272 e. The van der Waals surface area contributed by atoms with Gasteiger partial charge in [-0.1, -0.05) is 11.8 Å². The van der Waals surface area contributed by atoms with Crippen LogP contribution in [0, 0.1) is 11.8 Å². The van der Waals surface area contributed by atoms with E-state index in [0.717, 1.165) is 0 Å². The van der Waals surface area contributed by atoms with Crippen molar-refractivity contribution in [3.05, 3.63) is 29.6 Å². The maximum Gasteiger partial charge on any atom is 0.272 e. The fourth-order valence-corrected chi connectivity index (χ4v) is 1.87. The van der Waals surface area contributed by atoms with Gasteiger partial charge in [0.2, 0.25) is 5.91 Å². The van der Waals surface area contributed by atoms with Crippen LogP contribution in [-0.4, -0.2) is 53.0 Å². The van der Waals surface area contributed by atoms with Gasteiger partial charge in [0.1, 0.15) is 12.3 Å². The molecule has 0 aromatic carbocycles. The molecule has 1 aromatic rings. The van der Waals surface area contributed by atoms with Crippen molar-refractivity contribution in [3.63, 3.8) is 0 Å². The first-order chi connectivity index (χ1) is 9.70. The van der Waals surface area contributed by atoms with Crippen molar-refractivity contribution in [3.8, 4) is 11.8 Å². The summed E-state index contributed by atoms with van der Waals surface area (Å²) >= 11 is 0. The predicted octanol–water partition coefficient (Wildman–Crippen LogP) is -0.613. The van der Waals surface area contributed by atoms with E-state index in [1.165, 1.54) is 6.20 Å². The molecule has 1 aliphatic rings. The second-order valence-corrected chi connectivity index (χ2v) is 4.28. The van der Waals surface area contributed by atoms with E-state index in [-0.39, 0.29) is 18.4 Å². The van der Waals surface area contributed by atoms with Crippen molar-refractivity contribution >= 4 is 11.8 Å². The van der Waals surface area contributed by atoms with Crippen LogP contribution in [0.3, 0.4) is 0 Å². The van der Waals surface area contributed by atoms with E-state index in [9.17, 15) is 9.59 Å². The zero-order chi connectivity index (χ0) is 14.4. The van der Waals surface area contributed by atoms with Gasteiger partial charge < -0.3 is 15.3 Å². The highest BCUT2D eigenvalue weighted by molar-refractivity contribution is 5.93. The van der Waals surface area contributed by atoms with Gasteiger partial charge in [0, 0.05) is 37.8 Å². The molecule has 0 spiro atoms. The number of hydrogen-bond acceptors (Lipinski definition) is 4. The number of aromatic nitrogens is 1. The Morgan fingerprint density at radius 2 is 2.30 bits per heavy atom. The molecule has 0 bridgehead atoms. The van der Waals surface area contributed by atoms with Crippen LogP contribution in [0.2, 0.25) is 0 Å². The molecule has 0 saturated carbocycles. The molecule has 1 aromatic heterocycles. The molecule has 0 radical (unpaired) electrons. The highest BCUT2D eigenvalue weighted by atomic mass is 16.2. The molecule has 20 heavy (non-hydrogen) atoms. The molecular formula is C14H15N3O3. The Morgan fingerprint density at radius 3 is 3.00 bits per heavy atom. The van der Waals surface area contributed by atoms with Crippen LogP contribution in [-0.2, 0) is 4.79 Å². The summed E-state index contributed by atoms with van der Waals surface area (Å²) < 4.78 is 0. The fourth-order valence-electron chi connectivity index (χ4n) is 1.87. The van der Waals surface area contributed by atoms with Gasteiger partial charge in [-0.3, -0.25) is 9.59 Å². The number of aliphatic hydroxyl groups is 1. The highest BCUT2D eigenvalue weighted by Gasteiger charge is 2.20. The van der Waals surface area contributed by atoms with Crippen LogP contribution < -0.4 is 5.32 Å². The second-order valence-electron chi connectivity index (χ2n) is 4.28. The maximum absolute atomic E-state index is 12.2. The van der Waals surface area contributed by atoms with Gasteiger partial charge in [-0.05, 0) is 12.1 Å². The normalized spacial score (nSPS) is 14.8. The van der Waals surface area contributed by atoms with E-state index in [1.807, 2.05) is 0 Å². The zero-order valence-electron chi connectivity index (χ0n) is 10.9. The summed E-state index contributed by atoms with van der Waals surface area (Å²) in [5.41, 5.74) is 0.970. The number of amides is 2. The largest absolute Gasteiger partial charge is 0.384 e. The number of aliphatic hydroxyl groups excluding tert-OH is 1. The standard InChI is InChI=1S/C14H15N3O3/c18-9-1-2-11-3-4-12(16-10-11)14(20)17-7-5-13(19)15-6-8-17/h3-4,10,18H,5-9H2,(H,15,19). The minimum absolute atomic E-state index is 0.0390. The molecule has 0 unspecified atom stereocenters. The lowest BCUT2D eigenvalue weighted by atomic mass is 10.2. The molecule has 2 heterocycles. The number of nitrogens with one attached hydrogen (secondary N) is 1. The Bertz CT molecular complexity index is 557. The number of carbonyl (C=O) groups excluding carboxylic acids is 2. The Balaban J connectivity index is 2.06. The molecule has 0 atom stereocenters. The van der Waals surface area contributed by atoms with Crippen molar-refractivity contribution in [2.24, 2.45) is 0 Å². The first-order valence-corrected chi connectivity index (χ1v) is 6.32. The number of carbonyl (C=O) groups is 2. The lowest BCUT2D eigenvalue weighted by Crippen LogP contribution is -2.34. The minimum atomic E-state index is -0.213. The number of hydrogen-bond donors (Lipinski definition) is 2. The number of rotatable bonds is 1. The second kappa shape index (κ2) is 6.68. The lowest BCUT2D eigenvalue weighted by Gasteiger charge is -2.18. The summed E-state index contributed by atoms with van der Waals surface area (Å²) in [6, 6.07) is 3.29. The molecule has 1 aliphatic heterocycles. The SMILES string of the molecule is O=C1CCN(C(=O)c2ccc(C#CCO)cn2)CCN1. The monoisotopic (exact) mass is 273 g/mol. The van der Waals surface area contributed by atoms with Crippen molar-refractivity contribution in [1.82, 2.24) is 15.2 Å². The lowest BCUT2D eigenvalue weighted by molar-refractivity contribution is -0.120. The van der Waals surface area contributed by atoms with Crippen LogP contribution in [0.5, 0.6) is 0 Å². The average molecular weight is 273 g/mol. The third kappa shape index (κ3) is 3.56. The number of pyridine rings is 1. The molecule has 104 valence electrons. The summed E-state index contributed by atoms with van der Waals surface area (Å²) in [4.78, 5) is 29.2. The molecule has 0 aliphatic carbocycles. The molecule has 6 heteroatoms. The Kier molecular flexibility index (Phi) is 4.69. The molecular weight excluding hydrogens is 258 g/mol. The fraction of sp³-hybridized carbons (Fsp3) is 0.357. The van der Waals surface area contributed by atoms with Gasteiger partial charge in [-0.25, -0.2) is 4.98 Å². The minimum Gasteiger partial charge on any atom is -0.384 e.